The number of Topliss-reactive ketones (excluding diaryl/α,β-unsaturated/α-hetero) is 1. The Morgan fingerprint density at radius 2 is 1.83 bits per heavy atom. The molecule has 0 radical (unpaired) electrons. The lowest BCUT2D eigenvalue weighted by Gasteiger charge is -2.60. The molecule has 3 heteroatoms. The third-order valence-corrected chi connectivity index (χ3v) is 10.2. The van der Waals surface area contributed by atoms with E-state index in [0.717, 1.165) is 18.4 Å². The zero-order valence-corrected chi connectivity index (χ0v) is 18.9. The van der Waals surface area contributed by atoms with E-state index in [4.69, 9.17) is 5.11 Å². The largest absolute Gasteiger partial charge is 0.481 e. The van der Waals surface area contributed by atoms with Crippen molar-refractivity contribution in [1.82, 2.24) is 0 Å². The summed E-state index contributed by atoms with van der Waals surface area (Å²) in [6, 6.07) is 0. The van der Waals surface area contributed by atoms with Crippen molar-refractivity contribution in [3.05, 3.63) is 11.6 Å². The summed E-state index contributed by atoms with van der Waals surface area (Å²) >= 11 is 0. The molecule has 162 valence electrons. The maximum atomic E-state index is 13.8. The number of hydrogen-bond acceptors (Lipinski definition) is 2. The third kappa shape index (κ3) is 3.13. The van der Waals surface area contributed by atoms with Crippen molar-refractivity contribution in [2.45, 2.75) is 91.9 Å². The molecule has 29 heavy (non-hydrogen) atoms. The van der Waals surface area contributed by atoms with E-state index in [2.05, 4.69) is 33.8 Å². The zero-order valence-electron chi connectivity index (χ0n) is 18.9. The van der Waals surface area contributed by atoms with Crippen LogP contribution in [0.15, 0.2) is 11.6 Å². The molecule has 8 unspecified atom stereocenters. The highest BCUT2D eigenvalue weighted by Gasteiger charge is 2.63. The van der Waals surface area contributed by atoms with Gasteiger partial charge in [-0.3, -0.25) is 9.59 Å². The van der Waals surface area contributed by atoms with Crippen molar-refractivity contribution in [2.75, 3.05) is 0 Å². The van der Waals surface area contributed by atoms with Gasteiger partial charge in [-0.2, -0.15) is 0 Å². The Morgan fingerprint density at radius 3 is 2.52 bits per heavy atom. The van der Waals surface area contributed by atoms with Gasteiger partial charge < -0.3 is 5.11 Å². The molecule has 4 rings (SSSR count). The Morgan fingerprint density at radius 1 is 1.10 bits per heavy atom. The average Bonchev–Trinajstić information content (AvgIpc) is 3.04. The molecule has 8 atom stereocenters. The Bertz CT molecular complexity index is 709. The molecule has 3 nitrogen and oxygen atoms in total. The summed E-state index contributed by atoms with van der Waals surface area (Å²) in [5.74, 6) is 2.51. The quantitative estimate of drug-likeness (QED) is 0.566. The molecule has 0 aromatic rings. The first-order chi connectivity index (χ1) is 13.7. The molecule has 4 fully saturated rings. The smallest absolute Gasteiger partial charge is 0.303 e. The number of ketones is 1. The van der Waals surface area contributed by atoms with Gasteiger partial charge in [0.05, 0.1) is 0 Å². The van der Waals surface area contributed by atoms with Crippen LogP contribution in [0.5, 0.6) is 0 Å². The number of carboxylic acid groups (broad SMARTS) is 1. The number of aliphatic carboxylic acids is 1. The van der Waals surface area contributed by atoms with Crippen LogP contribution in [0.1, 0.15) is 91.9 Å². The molecular weight excluding hydrogens is 360 g/mol. The van der Waals surface area contributed by atoms with Gasteiger partial charge in [0.2, 0.25) is 0 Å². The van der Waals surface area contributed by atoms with E-state index in [1.54, 1.807) is 0 Å². The molecule has 0 heterocycles. The van der Waals surface area contributed by atoms with Crippen molar-refractivity contribution < 1.29 is 14.7 Å². The molecule has 0 bridgehead atoms. The van der Waals surface area contributed by atoms with E-state index >= 15 is 0 Å². The predicted octanol–water partition coefficient (Wildman–Crippen LogP) is 6.27. The van der Waals surface area contributed by atoms with Crippen LogP contribution in [0.3, 0.4) is 0 Å². The molecule has 0 aromatic carbocycles. The van der Waals surface area contributed by atoms with Crippen LogP contribution in [0.25, 0.3) is 0 Å². The Hall–Kier alpha value is -1.12. The highest BCUT2D eigenvalue weighted by molar-refractivity contribution is 5.99. The van der Waals surface area contributed by atoms with E-state index in [9.17, 15) is 9.59 Å². The summed E-state index contributed by atoms with van der Waals surface area (Å²) in [4.78, 5) is 24.9. The Kier molecular flexibility index (Phi) is 5.49. The fourth-order valence-electron chi connectivity index (χ4n) is 8.79. The first kappa shape index (κ1) is 21.1. The monoisotopic (exact) mass is 400 g/mol. The standard InChI is InChI=1S/C26H40O3/c1-5-17-19-8-6-7-14-25(19,3)21-13-15-26(4)18(16(2)9-12-22(27)28)10-11-20(26)23(21)24(17)29/h5,16,18-21,23H,6-15H2,1-4H3,(H,27,28)/b17-5+. The fraction of sp³-hybridized carbons (Fsp3) is 0.846. The molecule has 4 aliphatic rings. The van der Waals surface area contributed by atoms with Gasteiger partial charge in [-0.25, -0.2) is 0 Å². The lowest BCUT2D eigenvalue weighted by molar-refractivity contribution is -0.146. The summed E-state index contributed by atoms with van der Waals surface area (Å²) < 4.78 is 0. The van der Waals surface area contributed by atoms with Crippen molar-refractivity contribution in [3.63, 3.8) is 0 Å². The van der Waals surface area contributed by atoms with E-state index in [1.807, 2.05) is 0 Å². The second-order valence-electron chi connectivity index (χ2n) is 11.3. The number of hydrogen-bond donors (Lipinski definition) is 1. The highest BCUT2D eigenvalue weighted by atomic mass is 16.4. The minimum Gasteiger partial charge on any atom is -0.481 e. The lowest BCUT2D eigenvalue weighted by Crippen LogP contribution is -2.57. The molecule has 0 aromatic heterocycles. The van der Waals surface area contributed by atoms with E-state index in [-0.39, 0.29) is 17.8 Å². The summed E-state index contributed by atoms with van der Waals surface area (Å²) in [6.07, 6.45) is 13.0. The van der Waals surface area contributed by atoms with Crippen LogP contribution < -0.4 is 0 Å². The van der Waals surface area contributed by atoms with Gasteiger partial charge in [0.1, 0.15) is 0 Å². The summed E-state index contributed by atoms with van der Waals surface area (Å²) in [7, 11) is 0. The maximum absolute atomic E-state index is 13.8. The zero-order chi connectivity index (χ0) is 21.0. The molecule has 0 spiro atoms. The molecule has 0 amide bonds. The summed E-state index contributed by atoms with van der Waals surface area (Å²) in [5, 5.41) is 9.13. The number of carbonyl (C=O) groups excluding carboxylic acids is 1. The average molecular weight is 401 g/mol. The van der Waals surface area contributed by atoms with Crippen molar-refractivity contribution in [3.8, 4) is 0 Å². The van der Waals surface area contributed by atoms with E-state index in [0.29, 0.717) is 40.8 Å². The molecule has 1 N–H and O–H groups in total. The summed E-state index contributed by atoms with van der Waals surface area (Å²) in [5.41, 5.74) is 1.65. The third-order valence-electron chi connectivity index (χ3n) is 10.2. The van der Waals surface area contributed by atoms with Gasteiger partial charge in [-0.15, -0.1) is 0 Å². The van der Waals surface area contributed by atoms with Crippen molar-refractivity contribution in [2.24, 2.45) is 46.3 Å². The Labute approximate surface area is 176 Å². The lowest BCUT2D eigenvalue weighted by atomic mass is 9.43. The molecule has 0 saturated heterocycles. The maximum Gasteiger partial charge on any atom is 0.303 e. The van der Waals surface area contributed by atoms with Crippen molar-refractivity contribution >= 4 is 11.8 Å². The van der Waals surface area contributed by atoms with Gasteiger partial charge in [-0.05, 0) is 97.9 Å². The number of rotatable bonds is 4. The second-order valence-corrected chi connectivity index (χ2v) is 11.3. The number of fused-ring (bicyclic) bond motifs is 5. The molecular formula is C26H40O3. The summed E-state index contributed by atoms with van der Waals surface area (Å²) in [6.45, 7) is 9.29. The van der Waals surface area contributed by atoms with Crippen LogP contribution in [-0.2, 0) is 9.59 Å². The molecule has 4 aliphatic carbocycles. The van der Waals surface area contributed by atoms with Gasteiger partial charge in [-0.1, -0.05) is 39.7 Å². The number of allylic oxidation sites excluding steroid dienone is 2. The minimum atomic E-state index is -0.684. The number of carboxylic acids is 1. The first-order valence-electron chi connectivity index (χ1n) is 12.2. The predicted molar refractivity (Wildman–Crippen MR) is 115 cm³/mol. The normalized spacial score (nSPS) is 46.7. The van der Waals surface area contributed by atoms with E-state index < -0.39 is 5.97 Å². The molecule has 4 saturated carbocycles. The molecule has 0 aliphatic heterocycles. The SMILES string of the molecule is C/C=C1/C(=O)C2C(CCC3(C)C(C(C)CCC(=O)O)CCC23)C2(C)CCCCC12. The van der Waals surface area contributed by atoms with Gasteiger partial charge in [0.15, 0.2) is 5.78 Å². The minimum absolute atomic E-state index is 0.200. The van der Waals surface area contributed by atoms with Crippen LogP contribution in [-0.4, -0.2) is 16.9 Å². The Balaban J connectivity index is 1.64. The first-order valence-corrected chi connectivity index (χ1v) is 12.2. The van der Waals surface area contributed by atoms with Crippen LogP contribution in [0.4, 0.5) is 0 Å². The van der Waals surface area contributed by atoms with E-state index in [1.165, 1.54) is 44.9 Å². The van der Waals surface area contributed by atoms with Crippen LogP contribution in [0.2, 0.25) is 0 Å². The van der Waals surface area contributed by atoms with Gasteiger partial charge >= 0.3 is 5.97 Å². The highest BCUT2D eigenvalue weighted by Crippen LogP contribution is 2.68. The fourth-order valence-corrected chi connectivity index (χ4v) is 8.79. The van der Waals surface area contributed by atoms with Crippen LogP contribution >= 0.6 is 0 Å². The van der Waals surface area contributed by atoms with Crippen molar-refractivity contribution in [1.29, 1.82) is 0 Å². The topological polar surface area (TPSA) is 54.4 Å². The number of carbonyl (C=O) groups is 2. The second kappa shape index (κ2) is 7.54. The van der Waals surface area contributed by atoms with Gasteiger partial charge in [0, 0.05) is 12.3 Å². The van der Waals surface area contributed by atoms with Gasteiger partial charge in [0.25, 0.3) is 0 Å². The van der Waals surface area contributed by atoms with Crippen LogP contribution in [0, 0.1) is 46.3 Å².